The first kappa shape index (κ1) is 24.7. The molecular weight excluding hydrogens is 453 g/mol. The number of anilines is 1. The van der Waals surface area contributed by atoms with Gasteiger partial charge in [-0.1, -0.05) is 62.4 Å². The summed E-state index contributed by atoms with van der Waals surface area (Å²) >= 11 is 0. The smallest absolute Gasteiger partial charge is 0.353 e. The van der Waals surface area contributed by atoms with E-state index in [-0.39, 0.29) is 18.2 Å². The lowest BCUT2D eigenvalue weighted by atomic mass is 10.0. The van der Waals surface area contributed by atoms with E-state index in [0.29, 0.717) is 43.4 Å². The summed E-state index contributed by atoms with van der Waals surface area (Å²) in [4.78, 5) is 26.0. The van der Waals surface area contributed by atoms with Crippen molar-refractivity contribution in [3.05, 3.63) is 77.0 Å². The van der Waals surface area contributed by atoms with Gasteiger partial charge in [-0.15, -0.1) is 0 Å². The molecule has 5 nitrogen and oxygen atoms in total. The molecule has 0 atom stereocenters. The number of hydrogen-bond donors (Lipinski definition) is 0. The second-order valence-electron chi connectivity index (χ2n) is 9.14. The highest BCUT2D eigenvalue weighted by molar-refractivity contribution is 5.78. The highest BCUT2D eigenvalue weighted by Gasteiger charge is 2.31. The number of piperazine rings is 1. The Hall–Kier alpha value is -3.42. The van der Waals surface area contributed by atoms with Crippen LogP contribution in [-0.4, -0.2) is 47.0 Å². The fourth-order valence-electron chi connectivity index (χ4n) is 4.33. The van der Waals surface area contributed by atoms with Crippen LogP contribution in [0.1, 0.15) is 36.2 Å². The molecule has 1 saturated heterocycles. The maximum atomic E-state index is 13.3. The summed E-state index contributed by atoms with van der Waals surface area (Å²) in [6.07, 6.45) is -4.12. The van der Waals surface area contributed by atoms with Gasteiger partial charge in [0.25, 0.3) is 0 Å². The van der Waals surface area contributed by atoms with Crippen LogP contribution in [0.2, 0.25) is 0 Å². The summed E-state index contributed by atoms with van der Waals surface area (Å²) < 4.78 is 39.9. The molecule has 35 heavy (non-hydrogen) atoms. The molecule has 0 bridgehead atoms. The Morgan fingerprint density at radius 3 is 2.29 bits per heavy atom. The zero-order valence-corrected chi connectivity index (χ0v) is 20.1. The van der Waals surface area contributed by atoms with Gasteiger partial charge in [0.1, 0.15) is 5.82 Å². The molecule has 0 radical (unpaired) electrons. The average Bonchev–Trinajstić information content (AvgIpc) is 2.85. The summed E-state index contributed by atoms with van der Waals surface area (Å²) in [5, 5.41) is 0. The van der Waals surface area contributed by atoms with Crippen molar-refractivity contribution in [1.82, 2.24) is 14.9 Å². The van der Waals surface area contributed by atoms with Crippen LogP contribution in [0.5, 0.6) is 0 Å². The van der Waals surface area contributed by atoms with Crippen LogP contribution in [0.3, 0.4) is 0 Å². The quantitative estimate of drug-likeness (QED) is 0.491. The predicted molar refractivity (Wildman–Crippen MR) is 130 cm³/mol. The van der Waals surface area contributed by atoms with Crippen LogP contribution >= 0.6 is 0 Å². The first-order chi connectivity index (χ1) is 16.6. The van der Waals surface area contributed by atoms with Gasteiger partial charge in [0.05, 0.1) is 5.56 Å². The minimum atomic E-state index is -4.40. The van der Waals surface area contributed by atoms with Crippen molar-refractivity contribution < 1.29 is 18.0 Å². The molecule has 0 N–H and O–H groups in total. The van der Waals surface area contributed by atoms with Gasteiger partial charge in [0.2, 0.25) is 5.91 Å². The fraction of sp³-hybridized carbons (Fsp3) is 0.370. The number of benzene rings is 2. The van der Waals surface area contributed by atoms with Crippen LogP contribution in [-0.2, 0) is 17.4 Å². The summed E-state index contributed by atoms with van der Waals surface area (Å²) in [7, 11) is 0. The average molecular weight is 483 g/mol. The topological polar surface area (TPSA) is 49.3 Å². The number of amides is 1. The highest BCUT2D eigenvalue weighted by Crippen LogP contribution is 2.32. The fourth-order valence-corrected chi connectivity index (χ4v) is 4.33. The molecule has 2 aromatic carbocycles. The van der Waals surface area contributed by atoms with Crippen LogP contribution in [0, 0.1) is 12.8 Å². The molecule has 4 rings (SSSR count). The third-order valence-electron chi connectivity index (χ3n) is 6.24. The summed E-state index contributed by atoms with van der Waals surface area (Å²) in [5.74, 6) is 1.35. The molecule has 1 aliphatic rings. The van der Waals surface area contributed by atoms with E-state index < -0.39 is 11.7 Å². The Morgan fingerprint density at radius 1 is 0.971 bits per heavy atom. The first-order valence-corrected chi connectivity index (χ1v) is 11.8. The molecule has 0 unspecified atom stereocenters. The Balaban J connectivity index is 1.70. The molecule has 3 aromatic rings. The van der Waals surface area contributed by atoms with Crippen molar-refractivity contribution in [2.45, 2.75) is 33.4 Å². The number of aryl methyl sites for hydroxylation is 1. The van der Waals surface area contributed by atoms with Gasteiger partial charge in [-0.2, -0.15) is 13.2 Å². The standard InChI is InChI=1S/C27H29F3N4O/c1-18(2)26(35)34-14-12-33(13-15-34)25-23(17-20-8-7-11-22(16-20)27(28,29)30)19(3)31-24(32-25)21-9-5-4-6-10-21/h4-11,16,18H,12-15,17H2,1-3H3. The summed E-state index contributed by atoms with van der Waals surface area (Å²) in [6.45, 7) is 7.99. The minimum Gasteiger partial charge on any atom is -0.353 e. The lowest BCUT2D eigenvalue weighted by Gasteiger charge is -2.37. The van der Waals surface area contributed by atoms with Crippen molar-refractivity contribution >= 4 is 11.7 Å². The van der Waals surface area contributed by atoms with Gasteiger partial charge in [-0.25, -0.2) is 9.97 Å². The predicted octanol–water partition coefficient (Wildman–Crippen LogP) is 5.37. The second-order valence-corrected chi connectivity index (χ2v) is 9.14. The van der Waals surface area contributed by atoms with Crippen molar-refractivity contribution in [2.24, 2.45) is 5.92 Å². The molecule has 2 heterocycles. The Labute approximate surface area is 203 Å². The largest absolute Gasteiger partial charge is 0.416 e. The molecule has 0 saturated carbocycles. The van der Waals surface area contributed by atoms with Gasteiger partial charge in [0, 0.05) is 55.3 Å². The number of halogens is 3. The van der Waals surface area contributed by atoms with Gasteiger partial charge >= 0.3 is 6.18 Å². The van der Waals surface area contributed by atoms with Crippen molar-refractivity contribution in [1.29, 1.82) is 0 Å². The monoisotopic (exact) mass is 482 g/mol. The van der Waals surface area contributed by atoms with E-state index in [9.17, 15) is 18.0 Å². The molecule has 1 aliphatic heterocycles. The molecule has 1 amide bonds. The maximum Gasteiger partial charge on any atom is 0.416 e. The van der Waals surface area contributed by atoms with E-state index in [1.165, 1.54) is 12.1 Å². The first-order valence-electron chi connectivity index (χ1n) is 11.8. The van der Waals surface area contributed by atoms with Crippen LogP contribution in [0.4, 0.5) is 19.0 Å². The van der Waals surface area contributed by atoms with Crippen LogP contribution < -0.4 is 4.90 Å². The number of aromatic nitrogens is 2. The highest BCUT2D eigenvalue weighted by atomic mass is 19.4. The molecule has 8 heteroatoms. The third kappa shape index (κ3) is 5.63. The van der Waals surface area contributed by atoms with Crippen LogP contribution in [0.25, 0.3) is 11.4 Å². The molecule has 184 valence electrons. The van der Waals surface area contributed by atoms with Gasteiger partial charge in [0.15, 0.2) is 5.82 Å². The Morgan fingerprint density at radius 2 is 1.66 bits per heavy atom. The van der Waals surface area contributed by atoms with E-state index in [1.54, 1.807) is 6.07 Å². The molecule has 1 aromatic heterocycles. The van der Waals surface area contributed by atoms with E-state index in [4.69, 9.17) is 9.97 Å². The Bertz CT molecular complexity index is 1190. The van der Waals surface area contributed by atoms with Crippen molar-refractivity contribution in [3.63, 3.8) is 0 Å². The van der Waals surface area contributed by atoms with Crippen LogP contribution in [0.15, 0.2) is 54.6 Å². The number of alkyl halides is 3. The molecule has 0 aliphatic carbocycles. The van der Waals surface area contributed by atoms with Gasteiger partial charge in [-0.3, -0.25) is 4.79 Å². The third-order valence-corrected chi connectivity index (χ3v) is 6.24. The molecule has 1 fully saturated rings. The molecule has 0 spiro atoms. The number of carbonyl (C=O) groups is 1. The minimum absolute atomic E-state index is 0.0657. The van der Waals surface area contributed by atoms with E-state index in [1.807, 2.05) is 56.0 Å². The zero-order valence-electron chi connectivity index (χ0n) is 20.1. The molecular formula is C27H29F3N4O. The number of nitrogens with zero attached hydrogens (tertiary/aromatic N) is 4. The second kappa shape index (κ2) is 10.1. The van der Waals surface area contributed by atoms with E-state index >= 15 is 0 Å². The van der Waals surface area contributed by atoms with Crippen molar-refractivity contribution in [2.75, 3.05) is 31.1 Å². The normalized spacial score (nSPS) is 14.5. The lowest BCUT2D eigenvalue weighted by Crippen LogP contribution is -2.50. The zero-order chi connectivity index (χ0) is 25.2. The number of carbonyl (C=O) groups excluding carboxylic acids is 1. The lowest BCUT2D eigenvalue weighted by molar-refractivity contribution is -0.137. The Kier molecular flexibility index (Phi) is 7.10. The van der Waals surface area contributed by atoms with Gasteiger partial charge in [-0.05, 0) is 18.6 Å². The number of rotatable bonds is 5. The van der Waals surface area contributed by atoms with Crippen molar-refractivity contribution in [3.8, 4) is 11.4 Å². The summed E-state index contributed by atoms with van der Waals surface area (Å²) in [6, 6.07) is 15.0. The number of hydrogen-bond acceptors (Lipinski definition) is 4. The van der Waals surface area contributed by atoms with E-state index in [0.717, 1.165) is 22.9 Å². The maximum absolute atomic E-state index is 13.3. The SMILES string of the molecule is Cc1nc(-c2ccccc2)nc(N2CCN(C(=O)C(C)C)CC2)c1Cc1cccc(C(F)(F)F)c1. The van der Waals surface area contributed by atoms with E-state index in [2.05, 4.69) is 4.90 Å². The van der Waals surface area contributed by atoms with Gasteiger partial charge < -0.3 is 9.80 Å². The summed E-state index contributed by atoms with van der Waals surface area (Å²) in [5.41, 5.74) is 2.28.